The predicted molar refractivity (Wildman–Crippen MR) is 77.5 cm³/mol. The van der Waals surface area contributed by atoms with Gasteiger partial charge in [0.15, 0.2) is 5.16 Å². The average Bonchev–Trinajstić information content (AvgIpc) is 2.34. The van der Waals surface area contributed by atoms with Crippen LogP contribution in [-0.2, 0) is 0 Å². The van der Waals surface area contributed by atoms with Gasteiger partial charge >= 0.3 is 0 Å². The van der Waals surface area contributed by atoms with Crippen LogP contribution in [0.5, 0.6) is 0 Å². The van der Waals surface area contributed by atoms with Crippen LogP contribution in [0.2, 0.25) is 0 Å². The second-order valence-electron chi connectivity index (χ2n) is 6.33. The summed E-state index contributed by atoms with van der Waals surface area (Å²) in [7, 11) is 0. The lowest BCUT2D eigenvalue weighted by molar-refractivity contribution is -0.154. The maximum Gasteiger partial charge on any atom is 0.189 e. The minimum atomic E-state index is -0.469. The molecule has 0 amide bonds. The van der Waals surface area contributed by atoms with Crippen molar-refractivity contribution in [2.45, 2.75) is 49.4 Å². The first-order chi connectivity index (χ1) is 9.45. The Morgan fingerprint density at radius 2 is 2.20 bits per heavy atom. The molecular weight excluding hydrogens is 272 g/mol. The van der Waals surface area contributed by atoms with E-state index in [-0.39, 0.29) is 0 Å². The van der Waals surface area contributed by atoms with E-state index in [2.05, 4.69) is 21.4 Å². The first-order valence-corrected chi connectivity index (χ1v) is 7.98. The molecule has 1 aromatic rings. The highest BCUT2D eigenvalue weighted by Crippen LogP contribution is 2.60. The van der Waals surface area contributed by atoms with Gasteiger partial charge in [-0.25, -0.2) is 9.97 Å². The van der Waals surface area contributed by atoms with E-state index in [9.17, 15) is 5.11 Å². The van der Waals surface area contributed by atoms with Crippen LogP contribution in [0.1, 0.15) is 38.2 Å². The molecule has 20 heavy (non-hydrogen) atoms. The summed E-state index contributed by atoms with van der Waals surface area (Å²) in [4.78, 5) is 8.48. The number of nitrogens with one attached hydrogen (secondary N) is 1. The fourth-order valence-electron chi connectivity index (χ4n) is 3.79. The summed E-state index contributed by atoms with van der Waals surface area (Å²) >= 11 is 1.47. The molecule has 106 valence electrons. The van der Waals surface area contributed by atoms with Crippen LogP contribution in [0.4, 0.5) is 5.82 Å². The molecule has 0 saturated heterocycles. The Morgan fingerprint density at radius 3 is 2.75 bits per heavy atom. The molecule has 2 aliphatic rings. The van der Waals surface area contributed by atoms with E-state index in [1.54, 1.807) is 6.20 Å². The van der Waals surface area contributed by atoms with Crippen molar-refractivity contribution in [2.75, 3.05) is 11.6 Å². The van der Waals surface area contributed by atoms with Gasteiger partial charge in [0.25, 0.3) is 0 Å². The van der Waals surface area contributed by atoms with E-state index in [0.29, 0.717) is 28.0 Å². The third-order valence-corrected chi connectivity index (χ3v) is 4.84. The molecule has 0 unspecified atom stereocenters. The Labute approximate surface area is 122 Å². The van der Waals surface area contributed by atoms with E-state index >= 15 is 0 Å². The van der Waals surface area contributed by atoms with E-state index in [1.165, 1.54) is 11.8 Å². The standard InChI is InChI=1S/C14H18N4OS/c1-13(19)7-14(8-13)3-10(4-14)17-11-9(5-15)6-16-12(18-11)20-2/h6,10,19H,3-4,7-8H2,1-2H3,(H,16,17,18). The van der Waals surface area contributed by atoms with Gasteiger partial charge in [0, 0.05) is 6.04 Å². The Bertz CT molecular complexity index is 565. The van der Waals surface area contributed by atoms with Gasteiger partial charge in [0.1, 0.15) is 17.5 Å². The molecule has 2 aliphatic carbocycles. The SMILES string of the molecule is CSc1ncc(C#N)c(NC2CC3(C2)CC(C)(O)C3)n1. The van der Waals surface area contributed by atoms with E-state index in [0.717, 1.165) is 25.7 Å². The topological polar surface area (TPSA) is 81.8 Å². The highest BCUT2D eigenvalue weighted by atomic mass is 32.2. The van der Waals surface area contributed by atoms with Crippen molar-refractivity contribution in [3.8, 4) is 6.07 Å². The van der Waals surface area contributed by atoms with Crippen molar-refractivity contribution in [1.29, 1.82) is 5.26 Å². The van der Waals surface area contributed by atoms with E-state index < -0.39 is 5.60 Å². The van der Waals surface area contributed by atoms with Crippen molar-refractivity contribution in [3.63, 3.8) is 0 Å². The highest BCUT2D eigenvalue weighted by Gasteiger charge is 2.57. The summed E-state index contributed by atoms with van der Waals surface area (Å²) in [5, 5.41) is 23.0. The van der Waals surface area contributed by atoms with Gasteiger partial charge in [0.05, 0.1) is 11.8 Å². The van der Waals surface area contributed by atoms with Gasteiger partial charge in [0.2, 0.25) is 0 Å². The minimum Gasteiger partial charge on any atom is -0.390 e. The second kappa shape index (κ2) is 4.61. The smallest absolute Gasteiger partial charge is 0.189 e. The van der Waals surface area contributed by atoms with E-state index in [1.807, 2.05) is 13.2 Å². The Morgan fingerprint density at radius 1 is 1.50 bits per heavy atom. The molecule has 6 heteroatoms. The first kappa shape index (κ1) is 13.7. The van der Waals surface area contributed by atoms with Crippen molar-refractivity contribution in [1.82, 2.24) is 9.97 Å². The van der Waals surface area contributed by atoms with Gasteiger partial charge in [-0.05, 0) is 44.3 Å². The van der Waals surface area contributed by atoms with Crippen LogP contribution >= 0.6 is 11.8 Å². The van der Waals surface area contributed by atoms with Crippen LogP contribution in [-0.4, -0.2) is 33.0 Å². The molecule has 1 aromatic heterocycles. The lowest BCUT2D eigenvalue weighted by Crippen LogP contribution is -2.59. The third kappa shape index (κ3) is 2.36. The quantitative estimate of drug-likeness (QED) is 0.656. The molecule has 0 radical (unpaired) electrons. The summed E-state index contributed by atoms with van der Waals surface area (Å²) in [6.45, 7) is 1.90. The third-order valence-electron chi connectivity index (χ3n) is 4.28. The van der Waals surface area contributed by atoms with Crippen molar-refractivity contribution in [3.05, 3.63) is 11.8 Å². The fraction of sp³-hybridized carbons (Fsp3) is 0.643. The molecule has 0 atom stereocenters. The zero-order chi connectivity index (χ0) is 14.4. The maximum absolute atomic E-state index is 9.85. The normalized spacial score (nSPS) is 35.0. The summed E-state index contributed by atoms with van der Waals surface area (Å²) in [6.07, 6.45) is 7.37. The van der Waals surface area contributed by atoms with Gasteiger partial charge in [-0.3, -0.25) is 0 Å². The first-order valence-electron chi connectivity index (χ1n) is 6.75. The highest BCUT2D eigenvalue weighted by molar-refractivity contribution is 7.98. The fourth-order valence-corrected chi connectivity index (χ4v) is 4.13. The molecule has 1 heterocycles. The maximum atomic E-state index is 9.85. The summed E-state index contributed by atoms with van der Waals surface area (Å²) in [5.74, 6) is 0.637. The molecular formula is C14H18N4OS. The average molecular weight is 290 g/mol. The predicted octanol–water partition coefficient (Wildman–Crippen LogP) is 2.18. The molecule has 0 bridgehead atoms. The molecule has 5 nitrogen and oxygen atoms in total. The molecule has 2 fully saturated rings. The molecule has 2 N–H and O–H groups in total. The lowest BCUT2D eigenvalue weighted by Gasteiger charge is -2.60. The van der Waals surface area contributed by atoms with E-state index in [4.69, 9.17) is 5.26 Å². The number of nitrogens with zero attached hydrogens (tertiary/aromatic N) is 3. The van der Waals surface area contributed by atoms with Crippen molar-refractivity contribution >= 4 is 17.6 Å². The summed E-state index contributed by atoms with van der Waals surface area (Å²) in [6, 6.07) is 2.48. The van der Waals surface area contributed by atoms with Gasteiger partial charge in [-0.15, -0.1) is 0 Å². The zero-order valence-corrected chi connectivity index (χ0v) is 12.5. The van der Waals surface area contributed by atoms with Crippen LogP contribution < -0.4 is 5.32 Å². The largest absolute Gasteiger partial charge is 0.390 e. The second-order valence-corrected chi connectivity index (χ2v) is 7.10. The zero-order valence-electron chi connectivity index (χ0n) is 11.7. The Balaban J connectivity index is 1.64. The van der Waals surface area contributed by atoms with Crippen LogP contribution in [0, 0.1) is 16.7 Å². The van der Waals surface area contributed by atoms with Gasteiger partial charge < -0.3 is 10.4 Å². The summed E-state index contributed by atoms with van der Waals surface area (Å²) < 4.78 is 0. The van der Waals surface area contributed by atoms with Crippen LogP contribution in [0.15, 0.2) is 11.4 Å². The summed E-state index contributed by atoms with van der Waals surface area (Å²) in [5.41, 5.74) is 0.344. The number of thioether (sulfide) groups is 1. The lowest BCUT2D eigenvalue weighted by atomic mass is 9.48. The molecule has 2 saturated carbocycles. The van der Waals surface area contributed by atoms with Crippen molar-refractivity contribution in [2.24, 2.45) is 5.41 Å². The molecule has 0 aliphatic heterocycles. The monoisotopic (exact) mass is 290 g/mol. The number of aliphatic hydroxyl groups is 1. The van der Waals surface area contributed by atoms with Gasteiger partial charge in [-0.1, -0.05) is 11.8 Å². The molecule has 3 rings (SSSR count). The molecule has 0 aromatic carbocycles. The Kier molecular flexibility index (Phi) is 3.14. The number of hydrogen-bond acceptors (Lipinski definition) is 6. The number of anilines is 1. The number of nitriles is 1. The Hall–Kier alpha value is -1.32. The molecule has 1 spiro atoms. The minimum absolute atomic E-state index is 0.323. The van der Waals surface area contributed by atoms with Crippen LogP contribution in [0.25, 0.3) is 0 Å². The number of aromatic nitrogens is 2. The van der Waals surface area contributed by atoms with Crippen LogP contribution in [0.3, 0.4) is 0 Å². The van der Waals surface area contributed by atoms with Crippen molar-refractivity contribution < 1.29 is 5.11 Å². The van der Waals surface area contributed by atoms with Gasteiger partial charge in [-0.2, -0.15) is 5.26 Å². The number of rotatable bonds is 3. The number of hydrogen-bond donors (Lipinski definition) is 2.